The van der Waals surface area contributed by atoms with Gasteiger partial charge in [0, 0.05) is 0 Å². The molecular weight excluding hydrogens is 752 g/mol. The first-order valence-electron chi connectivity index (χ1n) is 14.7. The van der Waals surface area contributed by atoms with Crippen LogP contribution in [0.5, 0.6) is 0 Å². The third-order valence-electron chi connectivity index (χ3n) is 8.12. The van der Waals surface area contributed by atoms with E-state index < -0.39 is 47.9 Å². The van der Waals surface area contributed by atoms with E-state index in [-0.39, 0.29) is 0 Å². The first-order chi connectivity index (χ1) is 22.2. The van der Waals surface area contributed by atoms with Gasteiger partial charge < -0.3 is 0 Å². The molecule has 0 spiro atoms. The fourth-order valence-corrected chi connectivity index (χ4v) is 8.03. The molecule has 0 heterocycles. The van der Waals surface area contributed by atoms with Gasteiger partial charge in [0.25, 0.3) is 0 Å². The summed E-state index contributed by atoms with van der Waals surface area (Å²) in [5.74, 6) is -0.932. The monoisotopic (exact) mass is 782 g/mol. The molecule has 0 aromatic heterocycles. The van der Waals surface area contributed by atoms with Crippen LogP contribution < -0.4 is 0 Å². The molecule has 0 fully saturated rings. The molecule has 0 saturated carbocycles. The molecule has 6 aromatic carbocycles. The van der Waals surface area contributed by atoms with Crippen LogP contribution >= 0.6 is 0 Å². The Hall–Kier alpha value is -4.82. The molecular formula is C40H30O4Pb. The van der Waals surface area contributed by atoms with Crippen molar-refractivity contribution in [3.05, 3.63) is 215 Å². The fourth-order valence-electron chi connectivity index (χ4n) is 6.09. The van der Waals surface area contributed by atoms with Crippen molar-refractivity contribution in [2.45, 2.75) is 10.8 Å². The number of benzene rings is 6. The van der Waals surface area contributed by atoms with Gasteiger partial charge in [0.15, 0.2) is 0 Å². The zero-order valence-corrected chi connectivity index (χ0v) is 28.3. The molecule has 0 bridgehead atoms. The predicted molar refractivity (Wildman–Crippen MR) is 176 cm³/mol. The second-order valence-electron chi connectivity index (χ2n) is 10.6. The zero-order valence-electron chi connectivity index (χ0n) is 24.5. The summed E-state index contributed by atoms with van der Waals surface area (Å²) in [5, 5.41) is 0. The second-order valence-corrected chi connectivity index (χ2v) is 12.8. The van der Waals surface area contributed by atoms with Gasteiger partial charge in [0.05, 0.1) is 0 Å². The van der Waals surface area contributed by atoms with Crippen molar-refractivity contribution in [3.8, 4) is 0 Å². The normalized spacial score (nSPS) is 11.4. The SMILES string of the molecule is O=C([O][Pb][O]C(=O)C(c1ccccc1)(c1ccccc1)c1ccccc1)C(c1ccccc1)(c1ccccc1)c1ccccc1. The van der Waals surface area contributed by atoms with E-state index in [4.69, 9.17) is 5.37 Å². The van der Waals surface area contributed by atoms with E-state index in [9.17, 15) is 9.59 Å². The topological polar surface area (TPSA) is 52.6 Å². The average molecular weight is 782 g/mol. The third kappa shape index (κ3) is 5.74. The Morgan fingerprint density at radius 1 is 0.333 bits per heavy atom. The van der Waals surface area contributed by atoms with Gasteiger partial charge in [-0.2, -0.15) is 0 Å². The molecule has 0 aliphatic rings. The summed E-state index contributed by atoms with van der Waals surface area (Å²) < 4.78 is 12.3. The molecule has 0 amide bonds. The van der Waals surface area contributed by atoms with Crippen LogP contribution in [-0.4, -0.2) is 37.1 Å². The molecule has 5 heteroatoms. The first kappa shape index (κ1) is 30.2. The summed E-state index contributed by atoms with van der Waals surface area (Å²) in [5.41, 5.74) is 2.13. The Balaban J connectivity index is 1.40. The van der Waals surface area contributed by atoms with E-state index in [0.717, 1.165) is 33.4 Å². The Bertz CT molecular complexity index is 1500. The Morgan fingerprint density at radius 3 is 0.689 bits per heavy atom. The van der Waals surface area contributed by atoms with Gasteiger partial charge in [0.1, 0.15) is 0 Å². The number of carbonyl (C=O) groups excluding carboxylic acids is 2. The van der Waals surface area contributed by atoms with Crippen molar-refractivity contribution >= 4 is 37.1 Å². The molecule has 6 aromatic rings. The molecule has 0 unspecified atom stereocenters. The Kier molecular flexibility index (Phi) is 9.31. The van der Waals surface area contributed by atoms with Crippen LogP contribution in [0, 0.1) is 0 Å². The van der Waals surface area contributed by atoms with Crippen LogP contribution in [0.2, 0.25) is 0 Å². The van der Waals surface area contributed by atoms with E-state index in [1.165, 1.54) is 0 Å². The van der Waals surface area contributed by atoms with E-state index in [1.54, 1.807) is 0 Å². The number of rotatable bonds is 10. The maximum atomic E-state index is 14.5. The Morgan fingerprint density at radius 2 is 0.511 bits per heavy atom. The molecule has 218 valence electrons. The van der Waals surface area contributed by atoms with Crippen molar-refractivity contribution in [1.82, 2.24) is 0 Å². The van der Waals surface area contributed by atoms with Crippen molar-refractivity contribution < 1.29 is 15.0 Å². The molecule has 6 rings (SSSR count). The molecule has 0 atom stereocenters. The summed E-state index contributed by atoms with van der Waals surface area (Å²) in [4.78, 5) is 29.1. The first-order valence-corrected chi connectivity index (χ1v) is 17.9. The molecule has 2 radical (unpaired) electrons. The van der Waals surface area contributed by atoms with Crippen molar-refractivity contribution in [3.63, 3.8) is 0 Å². The fraction of sp³-hybridized carbons (Fsp3) is 0.0500. The van der Waals surface area contributed by atoms with Gasteiger partial charge >= 0.3 is 278 Å². The quantitative estimate of drug-likeness (QED) is 0.106. The van der Waals surface area contributed by atoms with Crippen molar-refractivity contribution in [1.29, 1.82) is 0 Å². The van der Waals surface area contributed by atoms with E-state index in [0.29, 0.717) is 0 Å². The maximum absolute atomic E-state index is 14.5. The standard InChI is InChI=1S/2C20H16O2.Pb/c2*21-19(22)20(16-10-4-1-5-11-16,17-12-6-2-7-13-17)18-14-8-3-9-15-18;/h2*1-15H,(H,21,22);/q;;+2/p-2. The van der Waals surface area contributed by atoms with Gasteiger partial charge in [-0.25, -0.2) is 0 Å². The van der Waals surface area contributed by atoms with Crippen LogP contribution in [0.3, 0.4) is 0 Å². The van der Waals surface area contributed by atoms with Crippen molar-refractivity contribution in [2.24, 2.45) is 0 Å². The molecule has 0 aliphatic heterocycles. The minimum atomic E-state index is -2.81. The average Bonchev–Trinajstić information content (AvgIpc) is 3.12. The molecule has 4 nitrogen and oxygen atoms in total. The van der Waals surface area contributed by atoms with Crippen LogP contribution in [0.15, 0.2) is 182 Å². The van der Waals surface area contributed by atoms with Gasteiger partial charge in [-0.3, -0.25) is 0 Å². The summed E-state index contributed by atoms with van der Waals surface area (Å²) in [6.45, 7) is 0. The van der Waals surface area contributed by atoms with Gasteiger partial charge in [0.2, 0.25) is 0 Å². The van der Waals surface area contributed by atoms with Crippen LogP contribution in [0.25, 0.3) is 0 Å². The Labute approximate surface area is 276 Å². The van der Waals surface area contributed by atoms with Gasteiger partial charge in [-0.15, -0.1) is 0 Å². The number of carbonyl (C=O) groups is 2. The predicted octanol–water partition coefficient (Wildman–Crippen LogP) is 7.68. The van der Waals surface area contributed by atoms with Gasteiger partial charge in [-0.1, -0.05) is 0 Å². The van der Waals surface area contributed by atoms with E-state index >= 15 is 0 Å². The molecule has 45 heavy (non-hydrogen) atoms. The number of hydrogen-bond acceptors (Lipinski definition) is 4. The van der Waals surface area contributed by atoms with Crippen LogP contribution in [0.1, 0.15) is 33.4 Å². The third-order valence-corrected chi connectivity index (χ3v) is 10.2. The second kappa shape index (κ2) is 13.9. The minimum absolute atomic E-state index is 0.466. The van der Waals surface area contributed by atoms with Gasteiger partial charge in [-0.05, 0) is 0 Å². The molecule has 0 aliphatic carbocycles. The summed E-state index contributed by atoms with van der Waals surface area (Å²) in [7, 11) is 0. The molecule has 0 N–H and O–H groups in total. The van der Waals surface area contributed by atoms with E-state index in [1.807, 2.05) is 182 Å². The number of hydrogen-bond donors (Lipinski definition) is 0. The van der Waals surface area contributed by atoms with E-state index in [2.05, 4.69) is 0 Å². The zero-order chi connectivity index (χ0) is 31.0. The summed E-state index contributed by atoms with van der Waals surface area (Å²) >= 11 is -2.81. The summed E-state index contributed by atoms with van der Waals surface area (Å²) in [6.07, 6.45) is 0. The summed E-state index contributed by atoms with van der Waals surface area (Å²) in [6, 6.07) is 57.8. The van der Waals surface area contributed by atoms with Crippen molar-refractivity contribution in [2.75, 3.05) is 0 Å². The van der Waals surface area contributed by atoms with Crippen LogP contribution in [0.4, 0.5) is 0 Å². The van der Waals surface area contributed by atoms with Crippen LogP contribution in [-0.2, 0) is 25.8 Å². The molecule has 0 saturated heterocycles.